The van der Waals surface area contributed by atoms with Gasteiger partial charge in [-0.05, 0) is 67.1 Å². The molecule has 0 aliphatic heterocycles. The number of amides is 1. The Balaban J connectivity index is 2.08. The second-order valence-electron chi connectivity index (χ2n) is 8.41. The second kappa shape index (κ2) is 9.00. The molecule has 2 aromatic heterocycles. The van der Waals surface area contributed by atoms with Gasteiger partial charge in [0.15, 0.2) is 0 Å². The van der Waals surface area contributed by atoms with Gasteiger partial charge in [0.2, 0.25) is 0 Å². The van der Waals surface area contributed by atoms with Crippen LogP contribution < -0.4 is 0 Å². The van der Waals surface area contributed by atoms with Crippen molar-refractivity contribution in [3.63, 3.8) is 0 Å². The van der Waals surface area contributed by atoms with Crippen LogP contribution in [0.2, 0.25) is 0 Å². The number of aromatic nitrogens is 3. The van der Waals surface area contributed by atoms with Gasteiger partial charge in [0.25, 0.3) is 0 Å². The average Bonchev–Trinajstić information content (AvgIpc) is 3.02. The number of carbonyl (C=O) groups is 2. The number of benzene rings is 1. The van der Waals surface area contributed by atoms with Gasteiger partial charge in [-0.3, -0.25) is 4.98 Å². The van der Waals surface area contributed by atoms with E-state index in [1.807, 2.05) is 0 Å². The van der Waals surface area contributed by atoms with Crippen molar-refractivity contribution >= 4 is 45.7 Å². The van der Waals surface area contributed by atoms with Crippen molar-refractivity contribution in [1.29, 1.82) is 0 Å². The number of carbonyl (C=O) groups excluding carboxylic acids is 1. The van der Waals surface area contributed by atoms with Gasteiger partial charge in [-0.1, -0.05) is 0 Å². The van der Waals surface area contributed by atoms with Crippen molar-refractivity contribution in [3.8, 4) is 11.3 Å². The van der Waals surface area contributed by atoms with Crippen LogP contribution in [0.4, 0.5) is 27.2 Å². The van der Waals surface area contributed by atoms with E-state index in [0.717, 1.165) is 29.3 Å². The molecule has 1 aromatic carbocycles. The second-order valence-corrected chi connectivity index (χ2v) is 9.43. The maximum atomic E-state index is 15.1. The Labute approximate surface area is 204 Å². The SMILES string of the molecule is CN(Cc1cc(F)c(-c2cc3c(I)nn(C(=O)O)c3cn2)c(C(F)(F)F)c1)C(=O)OC(C)(C)C. The van der Waals surface area contributed by atoms with E-state index in [9.17, 15) is 27.9 Å². The van der Waals surface area contributed by atoms with E-state index < -0.39 is 40.9 Å². The lowest BCUT2D eigenvalue weighted by Gasteiger charge is -2.25. The zero-order chi connectivity index (χ0) is 25.6. The maximum Gasteiger partial charge on any atom is 0.432 e. The van der Waals surface area contributed by atoms with Crippen molar-refractivity contribution in [3.05, 3.63) is 45.0 Å². The van der Waals surface area contributed by atoms with Crippen LogP contribution in [0.5, 0.6) is 0 Å². The summed E-state index contributed by atoms with van der Waals surface area (Å²) < 4.78 is 62.9. The first kappa shape index (κ1) is 25.6. The number of halogens is 5. The van der Waals surface area contributed by atoms with Crippen LogP contribution in [0.15, 0.2) is 24.4 Å². The molecule has 0 unspecified atom stereocenters. The molecule has 0 saturated heterocycles. The Hall–Kier alpha value is -2.97. The van der Waals surface area contributed by atoms with Gasteiger partial charge in [0.1, 0.15) is 20.6 Å². The molecule has 0 atom stereocenters. The number of fused-ring (bicyclic) bond motifs is 1. The molecule has 13 heteroatoms. The van der Waals surface area contributed by atoms with Gasteiger partial charge in [-0.2, -0.15) is 23.0 Å². The van der Waals surface area contributed by atoms with Gasteiger partial charge >= 0.3 is 18.4 Å². The molecule has 0 aliphatic carbocycles. The fourth-order valence-electron chi connectivity index (χ4n) is 3.18. The monoisotopic (exact) mass is 594 g/mol. The molecule has 0 fully saturated rings. The molecule has 8 nitrogen and oxygen atoms in total. The van der Waals surface area contributed by atoms with Gasteiger partial charge in [-0.15, -0.1) is 0 Å². The van der Waals surface area contributed by atoms with Crippen LogP contribution in [0.25, 0.3) is 22.2 Å². The normalized spacial score (nSPS) is 12.1. The van der Waals surface area contributed by atoms with Crippen LogP contribution in [-0.4, -0.2) is 49.6 Å². The van der Waals surface area contributed by atoms with Crippen molar-refractivity contribution in [2.24, 2.45) is 0 Å². The van der Waals surface area contributed by atoms with E-state index in [4.69, 9.17) is 4.74 Å². The predicted molar refractivity (Wildman–Crippen MR) is 122 cm³/mol. The van der Waals surface area contributed by atoms with Crippen LogP contribution >= 0.6 is 22.6 Å². The van der Waals surface area contributed by atoms with Crippen LogP contribution in [0.3, 0.4) is 0 Å². The highest BCUT2D eigenvalue weighted by molar-refractivity contribution is 14.1. The zero-order valence-electron chi connectivity index (χ0n) is 18.4. The van der Waals surface area contributed by atoms with E-state index >= 15 is 4.39 Å². The Morgan fingerprint density at radius 3 is 2.41 bits per heavy atom. The molecule has 1 amide bonds. The minimum absolute atomic E-state index is 0.0465. The molecule has 1 N–H and O–H groups in total. The fraction of sp³-hybridized carbons (Fsp3) is 0.333. The summed E-state index contributed by atoms with van der Waals surface area (Å²) in [5.74, 6) is -1.20. The van der Waals surface area contributed by atoms with Crippen LogP contribution in [-0.2, 0) is 17.5 Å². The summed E-state index contributed by atoms with van der Waals surface area (Å²) in [5, 5.41) is 13.2. The molecule has 34 heavy (non-hydrogen) atoms. The Morgan fingerprint density at radius 1 is 1.21 bits per heavy atom. The summed E-state index contributed by atoms with van der Waals surface area (Å²) in [6.45, 7) is 4.59. The molecule has 2 heterocycles. The van der Waals surface area contributed by atoms with Gasteiger partial charge < -0.3 is 14.7 Å². The van der Waals surface area contributed by atoms with Crippen molar-refractivity contribution < 1.29 is 37.0 Å². The third kappa shape index (κ3) is 5.39. The molecule has 3 rings (SSSR count). The lowest BCUT2D eigenvalue weighted by molar-refractivity contribution is -0.137. The van der Waals surface area contributed by atoms with E-state index in [0.29, 0.717) is 4.68 Å². The molecule has 3 aromatic rings. The first-order chi connectivity index (χ1) is 15.6. The summed E-state index contributed by atoms with van der Waals surface area (Å²) in [5.41, 5.74) is -3.29. The Bertz CT molecular complexity index is 1280. The van der Waals surface area contributed by atoms with E-state index in [2.05, 4.69) is 10.1 Å². The molecule has 0 aliphatic rings. The number of carboxylic acid groups (broad SMARTS) is 1. The maximum absolute atomic E-state index is 15.1. The van der Waals surface area contributed by atoms with Gasteiger partial charge in [0, 0.05) is 24.5 Å². The van der Waals surface area contributed by atoms with E-state index in [1.165, 1.54) is 7.05 Å². The molecule has 0 saturated carbocycles. The summed E-state index contributed by atoms with van der Waals surface area (Å²) in [6, 6.07) is 2.80. The summed E-state index contributed by atoms with van der Waals surface area (Å²) in [7, 11) is 1.32. The number of rotatable bonds is 3. The summed E-state index contributed by atoms with van der Waals surface area (Å²) in [4.78, 5) is 28.4. The standard InChI is InChI=1S/C21H19F4IN4O4/c1-20(2,3)34-19(33)29(4)9-10-5-12(21(23,24)25)16(13(22)6-10)14-7-11-15(8-27-14)30(18(31)32)28-17(11)26/h5-8H,9H2,1-4H3,(H,31,32). The minimum atomic E-state index is -4.94. The quantitative estimate of drug-likeness (QED) is 0.306. The average molecular weight is 594 g/mol. The van der Waals surface area contributed by atoms with E-state index in [-0.39, 0.29) is 32.4 Å². The Morgan fingerprint density at radius 2 is 1.85 bits per heavy atom. The van der Waals surface area contributed by atoms with Crippen molar-refractivity contribution in [1.82, 2.24) is 19.7 Å². The smallest absolute Gasteiger partial charge is 0.432 e. The molecule has 0 spiro atoms. The topological polar surface area (TPSA) is 97.5 Å². The third-order valence-corrected chi connectivity index (χ3v) is 5.34. The predicted octanol–water partition coefficient (Wildman–Crippen LogP) is 5.75. The molecule has 182 valence electrons. The number of pyridine rings is 1. The Kier molecular flexibility index (Phi) is 6.79. The van der Waals surface area contributed by atoms with Crippen LogP contribution in [0, 0.1) is 9.52 Å². The molecular weight excluding hydrogens is 575 g/mol. The minimum Gasteiger partial charge on any atom is -0.463 e. The fourth-order valence-corrected chi connectivity index (χ4v) is 3.82. The number of alkyl halides is 3. The molecular formula is C21H19F4IN4O4. The zero-order valence-corrected chi connectivity index (χ0v) is 20.5. The van der Waals surface area contributed by atoms with E-state index in [1.54, 1.807) is 43.4 Å². The third-order valence-electron chi connectivity index (χ3n) is 4.54. The first-order valence-electron chi connectivity index (χ1n) is 9.70. The largest absolute Gasteiger partial charge is 0.463 e. The van der Waals surface area contributed by atoms with Crippen molar-refractivity contribution in [2.45, 2.75) is 39.1 Å². The number of nitrogens with zero attached hydrogens (tertiary/aromatic N) is 4. The van der Waals surface area contributed by atoms with Gasteiger partial charge in [0.05, 0.1) is 17.5 Å². The highest BCUT2D eigenvalue weighted by Gasteiger charge is 2.36. The van der Waals surface area contributed by atoms with Crippen LogP contribution in [0.1, 0.15) is 31.9 Å². The van der Waals surface area contributed by atoms with Gasteiger partial charge in [-0.25, -0.2) is 14.0 Å². The number of hydrogen-bond donors (Lipinski definition) is 1. The highest BCUT2D eigenvalue weighted by Crippen LogP contribution is 2.40. The first-order valence-corrected chi connectivity index (χ1v) is 10.8. The number of hydrogen-bond acceptors (Lipinski definition) is 5. The lowest BCUT2D eigenvalue weighted by atomic mass is 9.98. The highest BCUT2D eigenvalue weighted by atomic mass is 127. The lowest BCUT2D eigenvalue weighted by Crippen LogP contribution is -2.33. The summed E-state index contributed by atoms with van der Waals surface area (Å²) in [6.07, 6.45) is -6.09. The molecule has 0 radical (unpaired) electrons. The summed E-state index contributed by atoms with van der Waals surface area (Å²) >= 11 is 1.73. The number of ether oxygens (including phenoxy) is 1. The van der Waals surface area contributed by atoms with Crippen molar-refractivity contribution in [2.75, 3.05) is 7.05 Å². The molecule has 0 bridgehead atoms.